The zero-order valence-corrected chi connectivity index (χ0v) is 9.23. The topological polar surface area (TPSA) is 39.2 Å². The number of nitrogens with two attached hydrogens (primary N) is 1. The van der Waals surface area contributed by atoms with Gasteiger partial charge in [0.1, 0.15) is 5.76 Å². The van der Waals surface area contributed by atoms with Gasteiger partial charge in [-0.1, -0.05) is 11.6 Å². The highest BCUT2D eigenvalue weighted by Gasteiger charge is 2.17. The molecule has 0 aromatic carbocycles. The van der Waals surface area contributed by atoms with E-state index in [4.69, 9.17) is 21.8 Å². The molecule has 0 amide bonds. The van der Waals surface area contributed by atoms with Gasteiger partial charge in [0.05, 0.1) is 17.3 Å². The van der Waals surface area contributed by atoms with E-state index >= 15 is 0 Å². The van der Waals surface area contributed by atoms with Crippen LogP contribution >= 0.6 is 22.9 Å². The van der Waals surface area contributed by atoms with E-state index in [0.29, 0.717) is 0 Å². The van der Waals surface area contributed by atoms with E-state index in [1.54, 1.807) is 17.6 Å². The summed E-state index contributed by atoms with van der Waals surface area (Å²) in [5.41, 5.74) is 7.07. The monoisotopic (exact) mass is 227 g/mol. The number of furan rings is 1. The molecule has 0 saturated heterocycles. The maximum Gasteiger partial charge on any atom is 0.105 e. The predicted molar refractivity (Wildman–Crippen MR) is 58.8 cm³/mol. The molecule has 0 aliphatic heterocycles. The fourth-order valence-electron chi connectivity index (χ4n) is 1.39. The van der Waals surface area contributed by atoms with Gasteiger partial charge in [0.25, 0.3) is 0 Å². The Bertz CT molecular complexity index is 395. The van der Waals surface area contributed by atoms with Crippen LogP contribution in [0.3, 0.4) is 0 Å². The average molecular weight is 228 g/mol. The molecule has 2 rings (SSSR count). The lowest BCUT2D eigenvalue weighted by Gasteiger charge is -2.08. The first-order chi connectivity index (χ1) is 6.70. The van der Waals surface area contributed by atoms with E-state index in [1.807, 2.05) is 24.4 Å². The van der Waals surface area contributed by atoms with Crippen molar-refractivity contribution in [3.8, 4) is 0 Å². The molecule has 0 saturated carbocycles. The van der Waals surface area contributed by atoms with Crippen LogP contribution in [-0.4, -0.2) is 0 Å². The highest BCUT2D eigenvalue weighted by atomic mass is 35.5. The molecule has 0 aliphatic rings. The quantitative estimate of drug-likeness (QED) is 0.855. The molecule has 0 aliphatic carbocycles. The molecular formula is C10H10ClNOS. The predicted octanol–water partition coefficient (Wildman–Crippen LogP) is 3.35. The third-order valence-electron chi connectivity index (χ3n) is 2.16. The third kappa shape index (κ3) is 1.59. The second-order valence-corrected chi connectivity index (χ2v) is 4.40. The molecular weight excluding hydrogens is 218 g/mol. The zero-order chi connectivity index (χ0) is 10.1. The SMILES string of the molecule is Cc1occc1C(N)c1sccc1Cl. The summed E-state index contributed by atoms with van der Waals surface area (Å²) in [6.45, 7) is 1.90. The number of halogens is 1. The molecule has 2 N–H and O–H groups in total. The first-order valence-corrected chi connectivity index (χ1v) is 5.48. The number of thiophene rings is 1. The van der Waals surface area contributed by atoms with Crippen LogP contribution in [0.2, 0.25) is 5.02 Å². The smallest absolute Gasteiger partial charge is 0.105 e. The van der Waals surface area contributed by atoms with Crippen molar-refractivity contribution in [3.63, 3.8) is 0 Å². The summed E-state index contributed by atoms with van der Waals surface area (Å²) < 4.78 is 5.21. The van der Waals surface area contributed by atoms with Crippen LogP contribution in [0.1, 0.15) is 22.2 Å². The summed E-state index contributed by atoms with van der Waals surface area (Å²) >= 11 is 7.57. The average Bonchev–Trinajstić information content (AvgIpc) is 2.73. The lowest BCUT2D eigenvalue weighted by atomic mass is 10.1. The highest BCUT2D eigenvalue weighted by molar-refractivity contribution is 7.10. The first-order valence-electron chi connectivity index (χ1n) is 4.22. The lowest BCUT2D eigenvalue weighted by molar-refractivity contribution is 0.528. The summed E-state index contributed by atoms with van der Waals surface area (Å²) in [5.74, 6) is 0.849. The summed E-state index contributed by atoms with van der Waals surface area (Å²) in [6, 6.07) is 3.56. The minimum atomic E-state index is -0.179. The largest absolute Gasteiger partial charge is 0.469 e. The second-order valence-electron chi connectivity index (χ2n) is 3.04. The summed E-state index contributed by atoms with van der Waals surface area (Å²) in [5, 5.41) is 2.66. The maximum atomic E-state index is 6.07. The summed E-state index contributed by atoms with van der Waals surface area (Å²) in [6.07, 6.45) is 1.64. The Kier molecular flexibility index (Phi) is 2.63. The van der Waals surface area contributed by atoms with E-state index < -0.39 is 0 Å². The minimum Gasteiger partial charge on any atom is -0.469 e. The zero-order valence-electron chi connectivity index (χ0n) is 7.66. The molecule has 2 heterocycles. The fraction of sp³-hybridized carbons (Fsp3) is 0.200. The Morgan fingerprint density at radius 2 is 2.29 bits per heavy atom. The Hall–Kier alpha value is -0.770. The van der Waals surface area contributed by atoms with Crippen LogP contribution in [0, 0.1) is 6.92 Å². The highest BCUT2D eigenvalue weighted by Crippen LogP contribution is 2.32. The Balaban J connectivity index is 2.38. The standard InChI is InChI=1S/C10H10ClNOS/c1-6-7(2-4-13-6)9(12)10-8(11)3-5-14-10/h2-5,9H,12H2,1H3. The third-order valence-corrected chi connectivity index (χ3v) is 3.60. The Labute approximate surface area is 91.3 Å². The molecule has 2 aromatic rings. The van der Waals surface area contributed by atoms with Crippen molar-refractivity contribution < 1.29 is 4.42 Å². The normalized spacial score (nSPS) is 13.1. The van der Waals surface area contributed by atoms with Crippen LogP contribution in [0.25, 0.3) is 0 Å². The molecule has 1 atom stereocenters. The van der Waals surface area contributed by atoms with Gasteiger partial charge in [0, 0.05) is 10.4 Å². The molecule has 2 aromatic heterocycles. The molecule has 4 heteroatoms. The summed E-state index contributed by atoms with van der Waals surface area (Å²) in [7, 11) is 0. The van der Waals surface area contributed by atoms with Crippen LogP contribution < -0.4 is 5.73 Å². The molecule has 0 spiro atoms. The number of aryl methyl sites for hydroxylation is 1. The van der Waals surface area contributed by atoms with Crippen LogP contribution in [0.5, 0.6) is 0 Å². The van der Waals surface area contributed by atoms with E-state index in [1.165, 1.54) is 0 Å². The van der Waals surface area contributed by atoms with Crippen LogP contribution in [0.4, 0.5) is 0 Å². The van der Waals surface area contributed by atoms with Gasteiger partial charge in [-0.15, -0.1) is 11.3 Å². The lowest BCUT2D eigenvalue weighted by Crippen LogP contribution is -2.10. The van der Waals surface area contributed by atoms with Gasteiger partial charge in [-0.25, -0.2) is 0 Å². The molecule has 0 bridgehead atoms. The van der Waals surface area contributed by atoms with Crippen molar-refractivity contribution in [2.75, 3.05) is 0 Å². The van der Waals surface area contributed by atoms with Crippen molar-refractivity contribution >= 4 is 22.9 Å². The molecule has 2 nitrogen and oxygen atoms in total. The van der Waals surface area contributed by atoms with E-state index in [9.17, 15) is 0 Å². The van der Waals surface area contributed by atoms with Gasteiger partial charge in [-0.2, -0.15) is 0 Å². The van der Waals surface area contributed by atoms with Crippen LogP contribution in [-0.2, 0) is 0 Å². The van der Waals surface area contributed by atoms with Crippen molar-refractivity contribution in [1.29, 1.82) is 0 Å². The van der Waals surface area contributed by atoms with Gasteiger partial charge in [0.2, 0.25) is 0 Å². The van der Waals surface area contributed by atoms with Crippen molar-refractivity contribution in [2.24, 2.45) is 5.73 Å². The summed E-state index contributed by atoms with van der Waals surface area (Å²) in [4.78, 5) is 0.983. The van der Waals surface area contributed by atoms with Gasteiger partial charge < -0.3 is 10.2 Å². The van der Waals surface area contributed by atoms with Gasteiger partial charge in [-0.05, 0) is 24.4 Å². The number of rotatable bonds is 2. The Morgan fingerprint density at radius 1 is 1.50 bits per heavy atom. The second kappa shape index (κ2) is 3.77. The van der Waals surface area contributed by atoms with Crippen molar-refractivity contribution in [2.45, 2.75) is 13.0 Å². The minimum absolute atomic E-state index is 0.179. The van der Waals surface area contributed by atoms with Gasteiger partial charge in [0.15, 0.2) is 0 Å². The van der Waals surface area contributed by atoms with Crippen molar-refractivity contribution in [3.05, 3.63) is 45.0 Å². The fourth-order valence-corrected chi connectivity index (χ4v) is 2.58. The molecule has 14 heavy (non-hydrogen) atoms. The van der Waals surface area contributed by atoms with E-state index in [-0.39, 0.29) is 6.04 Å². The first kappa shape index (κ1) is 9.77. The number of hydrogen-bond acceptors (Lipinski definition) is 3. The molecule has 1 unspecified atom stereocenters. The molecule has 74 valence electrons. The molecule has 0 fully saturated rings. The number of hydrogen-bond donors (Lipinski definition) is 1. The molecule has 0 radical (unpaired) electrons. The van der Waals surface area contributed by atoms with Crippen LogP contribution in [0.15, 0.2) is 28.2 Å². The van der Waals surface area contributed by atoms with E-state index in [0.717, 1.165) is 21.2 Å². The van der Waals surface area contributed by atoms with Gasteiger partial charge in [-0.3, -0.25) is 0 Å². The van der Waals surface area contributed by atoms with Crippen molar-refractivity contribution in [1.82, 2.24) is 0 Å². The van der Waals surface area contributed by atoms with E-state index in [2.05, 4.69) is 0 Å². The maximum absolute atomic E-state index is 6.07. The van der Waals surface area contributed by atoms with Gasteiger partial charge >= 0.3 is 0 Å². The Morgan fingerprint density at radius 3 is 2.79 bits per heavy atom.